The molecule has 0 N–H and O–H groups in total. The Kier molecular flexibility index (Phi) is 11.0. The van der Waals surface area contributed by atoms with Gasteiger partial charge in [0.1, 0.15) is 18.3 Å². The van der Waals surface area contributed by atoms with Crippen molar-refractivity contribution in [3.05, 3.63) is 29.8 Å². The molecule has 0 bridgehead atoms. The van der Waals surface area contributed by atoms with Gasteiger partial charge in [0.15, 0.2) is 12.1 Å². The molecule has 7 nitrogen and oxygen atoms in total. The lowest BCUT2D eigenvalue weighted by atomic mass is 10.1. The monoisotopic (exact) mass is 512 g/mol. The number of benzene rings is 1. The summed E-state index contributed by atoms with van der Waals surface area (Å²) in [6.45, 7) is 8.24. The maximum atomic E-state index is 12.6. The number of fused-ring (bicyclic) bond motifs is 1. The summed E-state index contributed by atoms with van der Waals surface area (Å²) in [4.78, 5) is 0.121. The summed E-state index contributed by atoms with van der Waals surface area (Å²) in [6.07, 6.45) is 10.5. The van der Waals surface area contributed by atoms with E-state index >= 15 is 0 Å². The van der Waals surface area contributed by atoms with Crippen molar-refractivity contribution in [3.8, 4) is 0 Å². The van der Waals surface area contributed by atoms with E-state index in [1.54, 1.807) is 24.3 Å². The van der Waals surface area contributed by atoms with E-state index in [9.17, 15) is 8.42 Å². The summed E-state index contributed by atoms with van der Waals surface area (Å²) >= 11 is 0. The first-order valence-corrected chi connectivity index (χ1v) is 14.7. The number of rotatable bonds is 16. The van der Waals surface area contributed by atoms with Crippen LogP contribution in [-0.4, -0.2) is 52.0 Å². The van der Waals surface area contributed by atoms with E-state index < -0.39 is 40.5 Å². The van der Waals surface area contributed by atoms with Gasteiger partial charge in [0.25, 0.3) is 10.1 Å². The van der Waals surface area contributed by atoms with Crippen molar-refractivity contribution in [2.75, 3.05) is 13.2 Å². The van der Waals surface area contributed by atoms with E-state index in [1.807, 2.05) is 20.8 Å². The van der Waals surface area contributed by atoms with Crippen molar-refractivity contribution in [2.24, 2.45) is 0 Å². The fraction of sp³-hybridized carbons (Fsp3) is 0.778. The summed E-state index contributed by atoms with van der Waals surface area (Å²) in [5.74, 6) is -0.786. The van der Waals surface area contributed by atoms with Gasteiger partial charge in [0, 0.05) is 6.61 Å². The van der Waals surface area contributed by atoms with Crippen molar-refractivity contribution in [1.29, 1.82) is 0 Å². The van der Waals surface area contributed by atoms with E-state index in [2.05, 4.69) is 6.92 Å². The smallest absolute Gasteiger partial charge is 0.297 e. The third kappa shape index (κ3) is 8.79. The van der Waals surface area contributed by atoms with Gasteiger partial charge in [0.05, 0.1) is 11.5 Å². The molecule has 0 saturated carbocycles. The average Bonchev–Trinajstić information content (AvgIpc) is 3.29. The zero-order valence-corrected chi connectivity index (χ0v) is 22.7. The molecule has 0 unspecified atom stereocenters. The highest BCUT2D eigenvalue weighted by molar-refractivity contribution is 7.86. The van der Waals surface area contributed by atoms with E-state index in [0.717, 1.165) is 18.4 Å². The fourth-order valence-electron chi connectivity index (χ4n) is 4.63. The summed E-state index contributed by atoms with van der Waals surface area (Å²) in [6, 6.07) is 6.57. The Morgan fingerprint density at radius 3 is 2.06 bits per heavy atom. The van der Waals surface area contributed by atoms with Crippen molar-refractivity contribution in [2.45, 2.75) is 127 Å². The van der Waals surface area contributed by atoms with Gasteiger partial charge in [-0.05, 0) is 39.3 Å². The summed E-state index contributed by atoms with van der Waals surface area (Å²) in [5.41, 5.74) is 0.979. The van der Waals surface area contributed by atoms with Gasteiger partial charge >= 0.3 is 0 Å². The van der Waals surface area contributed by atoms with Crippen LogP contribution in [0.1, 0.15) is 90.5 Å². The molecule has 0 radical (unpaired) electrons. The maximum absolute atomic E-state index is 12.6. The van der Waals surface area contributed by atoms with Crippen LogP contribution in [0.15, 0.2) is 29.2 Å². The summed E-state index contributed by atoms with van der Waals surface area (Å²) in [7, 11) is -3.90. The Balaban J connectivity index is 1.40. The molecule has 2 aliphatic heterocycles. The highest BCUT2D eigenvalue weighted by Crippen LogP contribution is 2.39. The van der Waals surface area contributed by atoms with Crippen LogP contribution in [0, 0.1) is 6.92 Å². The molecule has 0 aromatic heterocycles. The molecule has 1 aromatic rings. The summed E-state index contributed by atoms with van der Waals surface area (Å²) in [5, 5.41) is 0. The third-order valence-corrected chi connectivity index (χ3v) is 7.88. The van der Waals surface area contributed by atoms with Gasteiger partial charge < -0.3 is 18.9 Å². The predicted molar refractivity (Wildman–Crippen MR) is 135 cm³/mol. The number of aryl methyl sites for hydroxylation is 1. The maximum Gasteiger partial charge on any atom is 0.297 e. The van der Waals surface area contributed by atoms with Crippen LogP contribution in [0.25, 0.3) is 0 Å². The molecule has 2 saturated heterocycles. The minimum atomic E-state index is -3.90. The van der Waals surface area contributed by atoms with Crippen LogP contribution in [0.5, 0.6) is 0 Å². The van der Waals surface area contributed by atoms with Crippen molar-refractivity contribution in [3.63, 3.8) is 0 Å². The minimum absolute atomic E-state index is 0.121. The van der Waals surface area contributed by atoms with Crippen molar-refractivity contribution in [1.82, 2.24) is 0 Å². The van der Waals surface area contributed by atoms with Crippen LogP contribution in [0.3, 0.4) is 0 Å². The Hall–Kier alpha value is -1.03. The van der Waals surface area contributed by atoms with Gasteiger partial charge in [-0.1, -0.05) is 82.4 Å². The molecule has 2 fully saturated rings. The van der Waals surface area contributed by atoms with Crippen LogP contribution in [0.2, 0.25) is 0 Å². The second kappa shape index (κ2) is 13.5. The first kappa shape index (κ1) is 28.5. The Morgan fingerprint density at radius 1 is 0.857 bits per heavy atom. The standard InChI is InChI=1S/C27H44O7S/c1-5-6-7-8-9-10-11-12-13-14-19-30-26-25-24(33-27(3,4)34-25)23(32-26)20-31-35(28,29)22-17-15-21(2)16-18-22/h15-18,23-26H,5-14,19-20H2,1-4H3/t23-,24+,25+,26+/m1/s1. The number of hydrogen-bond donors (Lipinski definition) is 0. The molecular formula is C27H44O7S. The average molecular weight is 513 g/mol. The molecule has 0 aliphatic carbocycles. The van der Waals surface area contributed by atoms with Crippen LogP contribution in [-0.2, 0) is 33.2 Å². The minimum Gasteiger partial charge on any atom is -0.350 e. The molecule has 2 aliphatic rings. The van der Waals surface area contributed by atoms with Crippen LogP contribution in [0.4, 0.5) is 0 Å². The van der Waals surface area contributed by atoms with E-state index in [4.69, 9.17) is 23.1 Å². The zero-order valence-electron chi connectivity index (χ0n) is 21.9. The Morgan fingerprint density at radius 2 is 1.43 bits per heavy atom. The van der Waals surface area contributed by atoms with E-state index in [1.165, 1.54) is 51.4 Å². The van der Waals surface area contributed by atoms with Gasteiger partial charge in [-0.25, -0.2) is 0 Å². The molecule has 0 amide bonds. The largest absolute Gasteiger partial charge is 0.350 e. The lowest BCUT2D eigenvalue weighted by Crippen LogP contribution is -2.33. The SMILES string of the molecule is CCCCCCCCCCCCO[C@H]1O[C@H](COS(=O)(=O)c2ccc(C)cc2)[C@@H]2OC(C)(C)O[C@H]12. The van der Waals surface area contributed by atoms with Crippen LogP contribution >= 0.6 is 0 Å². The molecule has 35 heavy (non-hydrogen) atoms. The zero-order chi connectivity index (χ0) is 25.3. The molecule has 1 aromatic carbocycles. The molecule has 8 heteroatoms. The lowest BCUT2D eigenvalue weighted by Gasteiger charge is -2.24. The normalized spacial score (nSPS) is 25.7. The van der Waals surface area contributed by atoms with Gasteiger partial charge in [-0.2, -0.15) is 8.42 Å². The first-order chi connectivity index (χ1) is 16.7. The topological polar surface area (TPSA) is 80.3 Å². The molecule has 200 valence electrons. The number of unbranched alkanes of at least 4 members (excludes halogenated alkanes) is 9. The predicted octanol–water partition coefficient (Wildman–Crippen LogP) is 5.88. The van der Waals surface area contributed by atoms with Crippen molar-refractivity contribution < 1.29 is 31.5 Å². The Bertz CT molecular complexity index is 853. The second-order valence-electron chi connectivity index (χ2n) is 10.2. The first-order valence-electron chi connectivity index (χ1n) is 13.3. The van der Waals surface area contributed by atoms with Gasteiger partial charge in [-0.15, -0.1) is 0 Å². The van der Waals surface area contributed by atoms with Gasteiger partial charge in [-0.3, -0.25) is 4.18 Å². The van der Waals surface area contributed by atoms with Crippen LogP contribution < -0.4 is 0 Å². The fourth-order valence-corrected chi connectivity index (χ4v) is 5.55. The number of hydrogen-bond acceptors (Lipinski definition) is 7. The van der Waals surface area contributed by atoms with E-state index in [-0.39, 0.29) is 11.5 Å². The molecular weight excluding hydrogens is 468 g/mol. The van der Waals surface area contributed by atoms with Crippen molar-refractivity contribution >= 4 is 10.1 Å². The third-order valence-electron chi connectivity index (χ3n) is 6.58. The van der Waals surface area contributed by atoms with Gasteiger partial charge in [0.2, 0.25) is 0 Å². The van der Waals surface area contributed by atoms with E-state index in [0.29, 0.717) is 6.61 Å². The highest BCUT2D eigenvalue weighted by atomic mass is 32.2. The lowest BCUT2D eigenvalue weighted by molar-refractivity contribution is -0.235. The quantitative estimate of drug-likeness (QED) is 0.202. The molecule has 3 rings (SSSR count). The number of ether oxygens (including phenoxy) is 4. The molecule has 2 heterocycles. The Labute approximate surface area is 211 Å². The second-order valence-corrected chi connectivity index (χ2v) is 11.8. The summed E-state index contributed by atoms with van der Waals surface area (Å²) < 4.78 is 54.6. The molecule has 0 spiro atoms. The highest BCUT2D eigenvalue weighted by Gasteiger charge is 2.56. The molecule has 4 atom stereocenters.